The minimum Gasteiger partial charge on any atom is -0.382 e. The minimum atomic E-state index is -2.80. The molecule has 0 aliphatic carbocycles. The van der Waals surface area contributed by atoms with Gasteiger partial charge >= 0.3 is 0 Å². The molecule has 0 fully saturated rings. The molecular weight excluding hydrogens is 188 g/mol. The van der Waals surface area contributed by atoms with Gasteiger partial charge in [-0.2, -0.15) is 0 Å². The summed E-state index contributed by atoms with van der Waals surface area (Å²) in [6.07, 6.45) is -3.46. The van der Waals surface area contributed by atoms with Crippen molar-refractivity contribution >= 4 is 11.6 Å². The Labute approximate surface area is 72.8 Å². The molecule has 0 saturated heterocycles. The number of hydrogen-bond acceptors (Lipinski definition) is 2. The average molecular weight is 194 g/mol. The largest absolute Gasteiger partial charge is 0.382 e. The fourth-order valence-corrected chi connectivity index (χ4v) is 0.819. The van der Waals surface area contributed by atoms with Gasteiger partial charge in [-0.25, -0.2) is 13.8 Å². The van der Waals surface area contributed by atoms with Crippen LogP contribution in [0, 0.1) is 0 Å². The second-order valence-electron chi connectivity index (χ2n) is 2.19. The van der Waals surface area contributed by atoms with Crippen LogP contribution in [0.1, 0.15) is 11.7 Å². The average Bonchev–Trinajstić information content (AvgIpc) is 2.04. The maximum Gasteiger partial charge on any atom is 0.268 e. The van der Waals surface area contributed by atoms with Gasteiger partial charge in [0, 0.05) is 11.8 Å². The number of halogens is 3. The van der Waals surface area contributed by atoms with Crippen molar-refractivity contribution in [3.8, 4) is 0 Å². The molecule has 0 aromatic carbocycles. The zero-order valence-electron chi connectivity index (χ0n) is 5.92. The zero-order valence-corrected chi connectivity index (χ0v) is 6.67. The first-order valence-electron chi connectivity index (χ1n) is 3.19. The quantitative estimate of drug-likeness (QED) is 0.730. The van der Waals surface area contributed by atoms with E-state index >= 15 is 0 Å². The summed E-state index contributed by atoms with van der Waals surface area (Å²) in [6, 6.07) is 2.66. The van der Waals surface area contributed by atoms with Gasteiger partial charge in [-0.3, -0.25) is 0 Å². The normalized spacial score (nSPS) is 13.4. The number of aliphatic hydroxyl groups is 1. The molecule has 66 valence electrons. The Morgan fingerprint density at radius 1 is 1.42 bits per heavy atom. The van der Waals surface area contributed by atoms with Crippen LogP contribution in [0.25, 0.3) is 0 Å². The molecule has 1 rings (SSSR count). The summed E-state index contributed by atoms with van der Waals surface area (Å²) in [7, 11) is 0. The molecule has 1 N–H and O–H groups in total. The van der Waals surface area contributed by atoms with Gasteiger partial charge in [0.25, 0.3) is 6.43 Å². The lowest BCUT2D eigenvalue weighted by Crippen LogP contribution is -2.07. The third-order valence-corrected chi connectivity index (χ3v) is 1.55. The van der Waals surface area contributed by atoms with Gasteiger partial charge in [-0.15, -0.1) is 0 Å². The highest BCUT2D eigenvalue weighted by atomic mass is 35.5. The van der Waals surface area contributed by atoms with Crippen molar-refractivity contribution in [3.63, 3.8) is 0 Å². The summed E-state index contributed by atoms with van der Waals surface area (Å²) in [4.78, 5) is 3.55. The number of alkyl halides is 2. The summed E-state index contributed by atoms with van der Waals surface area (Å²) >= 11 is 5.42. The number of nitrogens with zero attached hydrogens (tertiary/aromatic N) is 1. The first-order chi connectivity index (χ1) is 5.61. The summed E-state index contributed by atoms with van der Waals surface area (Å²) in [5, 5.41) is 9.06. The predicted octanol–water partition coefficient (Wildman–Crippen LogP) is 2.03. The number of aliphatic hydroxyl groups excluding tert-OH is 1. The lowest BCUT2D eigenvalue weighted by molar-refractivity contribution is -0.00596. The van der Waals surface area contributed by atoms with Crippen molar-refractivity contribution in [2.24, 2.45) is 0 Å². The van der Waals surface area contributed by atoms with E-state index in [9.17, 15) is 8.78 Å². The molecule has 0 saturated carbocycles. The van der Waals surface area contributed by atoms with Crippen LogP contribution in [-0.4, -0.2) is 16.5 Å². The molecule has 0 aliphatic rings. The Balaban J connectivity index is 2.82. The number of hydrogen-bond donors (Lipinski definition) is 1. The van der Waals surface area contributed by atoms with E-state index in [4.69, 9.17) is 16.7 Å². The second-order valence-corrected chi connectivity index (χ2v) is 2.58. The highest BCUT2D eigenvalue weighted by Gasteiger charge is 2.18. The van der Waals surface area contributed by atoms with Crippen molar-refractivity contribution in [2.75, 3.05) is 0 Å². The molecule has 1 unspecified atom stereocenters. The molecule has 1 aromatic heterocycles. The third-order valence-electron chi connectivity index (χ3n) is 1.33. The van der Waals surface area contributed by atoms with E-state index in [1.807, 2.05) is 0 Å². The van der Waals surface area contributed by atoms with Gasteiger partial charge in [0.15, 0.2) is 0 Å². The van der Waals surface area contributed by atoms with Crippen molar-refractivity contribution in [1.82, 2.24) is 4.98 Å². The van der Waals surface area contributed by atoms with Crippen LogP contribution in [0.4, 0.5) is 8.78 Å². The van der Waals surface area contributed by atoms with Crippen LogP contribution >= 0.6 is 11.6 Å². The first-order valence-corrected chi connectivity index (χ1v) is 3.56. The second kappa shape index (κ2) is 3.78. The molecule has 12 heavy (non-hydrogen) atoms. The number of aromatic nitrogens is 1. The van der Waals surface area contributed by atoms with Crippen molar-refractivity contribution in [2.45, 2.75) is 12.5 Å². The van der Waals surface area contributed by atoms with E-state index < -0.39 is 12.5 Å². The molecule has 2 nitrogen and oxygen atoms in total. The third kappa shape index (κ3) is 2.12. The van der Waals surface area contributed by atoms with Gasteiger partial charge < -0.3 is 5.11 Å². The van der Waals surface area contributed by atoms with E-state index in [0.717, 1.165) is 6.20 Å². The van der Waals surface area contributed by atoms with Crippen LogP contribution in [0.2, 0.25) is 5.15 Å². The van der Waals surface area contributed by atoms with Crippen molar-refractivity contribution < 1.29 is 13.9 Å². The van der Waals surface area contributed by atoms with E-state index in [2.05, 4.69) is 4.98 Å². The highest BCUT2D eigenvalue weighted by Crippen LogP contribution is 2.19. The fraction of sp³-hybridized carbons (Fsp3) is 0.286. The topological polar surface area (TPSA) is 33.1 Å². The summed E-state index contributed by atoms with van der Waals surface area (Å²) in [5.41, 5.74) is 0.0643. The minimum absolute atomic E-state index is 0.0643. The number of rotatable bonds is 2. The van der Waals surface area contributed by atoms with Gasteiger partial charge in [-0.05, 0) is 6.07 Å². The SMILES string of the molecule is OC(c1ccc(Cl)nc1)C(F)F. The molecule has 0 amide bonds. The Bertz CT molecular complexity index is 252. The number of pyridine rings is 1. The van der Waals surface area contributed by atoms with E-state index in [-0.39, 0.29) is 10.7 Å². The highest BCUT2D eigenvalue weighted by molar-refractivity contribution is 6.29. The van der Waals surface area contributed by atoms with Crippen LogP contribution < -0.4 is 0 Å². The molecule has 1 aromatic rings. The lowest BCUT2D eigenvalue weighted by atomic mass is 10.2. The Hall–Kier alpha value is -0.740. The smallest absolute Gasteiger partial charge is 0.268 e. The van der Waals surface area contributed by atoms with Gasteiger partial charge in [-0.1, -0.05) is 17.7 Å². The molecule has 0 bridgehead atoms. The van der Waals surface area contributed by atoms with E-state index in [1.165, 1.54) is 12.1 Å². The van der Waals surface area contributed by atoms with Gasteiger partial charge in [0.05, 0.1) is 0 Å². The Morgan fingerprint density at radius 3 is 2.50 bits per heavy atom. The van der Waals surface area contributed by atoms with Gasteiger partial charge in [0.1, 0.15) is 11.3 Å². The lowest BCUT2D eigenvalue weighted by Gasteiger charge is -2.08. The molecule has 1 heterocycles. The van der Waals surface area contributed by atoms with Crippen molar-refractivity contribution in [1.29, 1.82) is 0 Å². The molecular formula is C7H6ClF2NO. The first kappa shape index (κ1) is 9.35. The van der Waals surface area contributed by atoms with Crippen LogP contribution in [0.5, 0.6) is 0 Å². The molecule has 0 aliphatic heterocycles. The maximum absolute atomic E-state index is 11.9. The molecule has 0 spiro atoms. The van der Waals surface area contributed by atoms with Crippen LogP contribution in [0.3, 0.4) is 0 Å². The predicted molar refractivity (Wildman–Crippen MR) is 40.2 cm³/mol. The molecule has 1 atom stereocenters. The Morgan fingerprint density at radius 2 is 2.08 bits per heavy atom. The molecule has 0 radical (unpaired) electrons. The standard InChI is InChI=1S/C7H6ClF2NO/c8-5-2-1-4(3-11-5)6(12)7(9)10/h1-3,6-7,12H. The van der Waals surface area contributed by atoms with Crippen molar-refractivity contribution in [3.05, 3.63) is 29.0 Å². The monoisotopic (exact) mass is 193 g/mol. The van der Waals surface area contributed by atoms with Crippen LogP contribution in [-0.2, 0) is 0 Å². The zero-order chi connectivity index (χ0) is 9.14. The van der Waals surface area contributed by atoms with E-state index in [0.29, 0.717) is 0 Å². The van der Waals surface area contributed by atoms with E-state index in [1.54, 1.807) is 0 Å². The maximum atomic E-state index is 11.9. The fourth-order valence-electron chi connectivity index (χ4n) is 0.708. The molecule has 5 heteroatoms. The summed E-state index contributed by atoms with van der Waals surface area (Å²) < 4.78 is 23.8. The Kier molecular flexibility index (Phi) is 2.94. The van der Waals surface area contributed by atoms with Crippen LogP contribution in [0.15, 0.2) is 18.3 Å². The summed E-state index contributed by atoms with van der Waals surface area (Å²) in [6.45, 7) is 0. The van der Waals surface area contributed by atoms with Gasteiger partial charge in [0.2, 0.25) is 0 Å². The summed E-state index contributed by atoms with van der Waals surface area (Å²) in [5.74, 6) is 0.